The predicted octanol–water partition coefficient (Wildman–Crippen LogP) is 3.82. The van der Waals surface area contributed by atoms with Crippen LogP contribution in [0.3, 0.4) is 0 Å². The first kappa shape index (κ1) is 12.4. The maximum atomic E-state index is 10.8. The standard InChI is InChI=1S/C13H8N4O2S2/c1-16-6-14-11-8(16)3-2-7-12(11)21-13(15-7)9-4-5-10(20-9)17(18)19/h2-6H,1H3. The Balaban J connectivity index is 1.93. The third-order valence-corrected chi connectivity index (χ3v) is 5.52. The molecule has 104 valence electrons. The van der Waals surface area contributed by atoms with Crippen molar-refractivity contribution in [3.8, 4) is 9.88 Å². The van der Waals surface area contributed by atoms with Crippen LogP contribution >= 0.6 is 22.7 Å². The van der Waals surface area contributed by atoms with Gasteiger partial charge in [-0.2, -0.15) is 0 Å². The van der Waals surface area contributed by atoms with Gasteiger partial charge in [0, 0.05) is 13.1 Å². The first-order chi connectivity index (χ1) is 10.1. The van der Waals surface area contributed by atoms with Gasteiger partial charge in [0.1, 0.15) is 10.5 Å². The molecule has 0 unspecified atom stereocenters. The van der Waals surface area contributed by atoms with Crippen LogP contribution in [0.1, 0.15) is 0 Å². The van der Waals surface area contributed by atoms with E-state index in [9.17, 15) is 10.1 Å². The predicted molar refractivity (Wildman–Crippen MR) is 83.9 cm³/mol. The van der Waals surface area contributed by atoms with E-state index in [1.165, 1.54) is 17.4 Å². The second-order valence-electron chi connectivity index (χ2n) is 4.55. The van der Waals surface area contributed by atoms with Gasteiger partial charge in [-0.25, -0.2) is 9.97 Å². The summed E-state index contributed by atoms with van der Waals surface area (Å²) < 4.78 is 2.98. The maximum Gasteiger partial charge on any atom is 0.324 e. The number of thiophene rings is 1. The topological polar surface area (TPSA) is 73.8 Å². The normalized spacial score (nSPS) is 11.5. The third kappa shape index (κ3) is 1.83. The third-order valence-electron chi connectivity index (χ3n) is 3.23. The number of fused-ring (bicyclic) bond motifs is 3. The molecule has 8 heteroatoms. The Morgan fingerprint density at radius 2 is 2.10 bits per heavy atom. The van der Waals surface area contributed by atoms with Gasteiger partial charge in [0.15, 0.2) is 0 Å². The van der Waals surface area contributed by atoms with Crippen molar-refractivity contribution in [1.29, 1.82) is 0 Å². The Morgan fingerprint density at radius 3 is 2.86 bits per heavy atom. The summed E-state index contributed by atoms with van der Waals surface area (Å²) in [6, 6.07) is 7.21. The number of aromatic nitrogens is 3. The van der Waals surface area contributed by atoms with Crippen LogP contribution in [0.4, 0.5) is 5.00 Å². The molecule has 3 aromatic heterocycles. The van der Waals surface area contributed by atoms with Crippen LogP contribution in [0.25, 0.3) is 31.1 Å². The fourth-order valence-corrected chi connectivity index (χ4v) is 4.16. The highest BCUT2D eigenvalue weighted by Gasteiger charge is 2.16. The second-order valence-corrected chi connectivity index (χ2v) is 6.61. The Hall–Kier alpha value is -2.32. The number of hydrogen-bond donors (Lipinski definition) is 0. The fraction of sp³-hybridized carbons (Fsp3) is 0.0769. The summed E-state index contributed by atoms with van der Waals surface area (Å²) >= 11 is 2.66. The van der Waals surface area contributed by atoms with Crippen LogP contribution in [-0.4, -0.2) is 19.5 Å². The van der Waals surface area contributed by atoms with Crippen molar-refractivity contribution in [2.24, 2.45) is 7.05 Å². The molecular formula is C13H8N4O2S2. The molecule has 3 heterocycles. The zero-order valence-corrected chi connectivity index (χ0v) is 12.4. The second kappa shape index (κ2) is 4.34. The molecule has 6 nitrogen and oxygen atoms in total. The molecule has 0 bridgehead atoms. The molecule has 0 aliphatic carbocycles. The van der Waals surface area contributed by atoms with Gasteiger partial charge in [0.25, 0.3) is 0 Å². The fourth-order valence-electron chi connectivity index (χ4n) is 2.23. The molecule has 1 aromatic carbocycles. The minimum atomic E-state index is -0.377. The minimum absolute atomic E-state index is 0.132. The highest BCUT2D eigenvalue weighted by Crippen LogP contribution is 2.38. The summed E-state index contributed by atoms with van der Waals surface area (Å²) in [7, 11) is 1.95. The molecule has 0 N–H and O–H groups in total. The van der Waals surface area contributed by atoms with Crippen molar-refractivity contribution < 1.29 is 4.92 Å². The van der Waals surface area contributed by atoms with Crippen LogP contribution in [0.2, 0.25) is 0 Å². The average Bonchev–Trinajstić information content (AvgIpc) is 3.14. The van der Waals surface area contributed by atoms with Gasteiger partial charge < -0.3 is 4.57 Å². The number of thiazole rings is 1. The van der Waals surface area contributed by atoms with E-state index in [0.29, 0.717) is 0 Å². The molecule has 0 fully saturated rings. The summed E-state index contributed by atoms with van der Waals surface area (Å²) in [5.41, 5.74) is 2.84. The lowest BCUT2D eigenvalue weighted by Gasteiger charge is -1.93. The molecule has 0 aliphatic heterocycles. The number of aryl methyl sites for hydroxylation is 1. The largest absolute Gasteiger partial charge is 0.334 e. The lowest BCUT2D eigenvalue weighted by Crippen LogP contribution is -1.82. The van der Waals surface area contributed by atoms with Crippen molar-refractivity contribution in [3.05, 3.63) is 40.7 Å². The summed E-state index contributed by atoms with van der Waals surface area (Å²) in [6.07, 6.45) is 1.78. The number of nitrogens with zero attached hydrogens (tertiary/aromatic N) is 4. The molecule has 0 spiro atoms. The SMILES string of the molecule is Cn1cnc2c3sc(-c4ccc([N+](=O)[O-])s4)nc3ccc21. The lowest BCUT2D eigenvalue weighted by atomic mass is 10.3. The molecule has 0 saturated carbocycles. The quantitative estimate of drug-likeness (QED) is 0.416. The first-order valence-corrected chi connectivity index (χ1v) is 7.72. The van der Waals surface area contributed by atoms with Crippen molar-refractivity contribution in [2.45, 2.75) is 0 Å². The zero-order chi connectivity index (χ0) is 14.6. The molecule has 4 rings (SSSR count). The number of rotatable bonds is 2. The highest BCUT2D eigenvalue weighted by molar-refractivity contribution is 7.27. The lowest BCUT2D eigenvalue weighted by molar-refractivity contribution is -0.380. The highest BCUT2D eigenvalue weighted by atomic mass is 32.1. The maximum absolute atomic E-state index is 10.8. The Morgan fingerprint density at radius 1 is 1.24 bits per heavy atom. The molecular weight excluding hydrogens is 308 g/mol. The summed E-state index contributed by atoms with van der Waals surface area (Å²) in [4.78, 5) is 20.2. The van der Waals surface area contributed by atoms with E-state index in [2.05, 4.69) is 9.97 Å². The number of nitro groups is 1. The first-order valence-electron chi connectivity index (χ1n) is 6.08. The molecule has 0 aliphatic rings. The molecule has 0 radical (unpaired) electrons. The minimum Gasteiger partial charge on any atom is -0.334 e. The van der Waals surface area contributed by atoms with Crippen LogP contribution in [0, 0.1) is 10.1 Å². The van der Waals surface area contributed by atoms with Crippen LogP contribution < -0.4 is 0 Å². The van der Waals surface area contributed by atoms with Crippen LogP contribution in [0.5, 0.6) is 0 Å². The van der Waals surface area contributed by atoms with E-state index in [1.54, 1.807) is 12.4 Å². The van der Waals surface area contributed by atoms with E-state index in [1.807, 2.05) is 23.7 Å². The number of benzene rings is 1. The van der Waals surface area contributed by atoms with Crippen molar-refractivity contribution in [1.82, 2.24) is 14.5 Å². The monoisotopic (exact) mass is 316 g/mol. The van der Waals surface area contributed by atoms with Gasteiger partial charge in [-0.15, -0.1) is 11.3 Å². The van der Waals surface area contributed by atoms with Gasteiger partial charge >= 0.3 is 5.00 Å². The van der Waals surface area contributed by atoms with Crippen LogP contribution in [-0.2, 0) is 7.05 Å². The average molecular weight is 316 g/mol. The van der Waals surface area contributed by atoms with Gasteiger partial charge in [-0.1, -0.05) is 11.3 Å². The number of hydrogen-bond acceptors (Lipinski definition) is 6. The van der Waals surface area contributed by atoms with E-state index in [-0.39, 0.29) is 9.92 Å². The van der Waals surface area contributed by atoms with Gasteiger partial charge in [-0.3, -0.25) is 10.1 Å². The van der Waals surface area contributed by atoms with Gasteiger partial charge in [0.2, 0.25) is 0 Å². The number of imidazole rings is 1. The molecule has 21 heavy (non-hydrogen) atoms. The van der Waals surface area contributed by atoms with E-state index in [0.717, 1.165) is 42.5 Å². The van der Waals surface area contributed by atoms with Crippen molar-refractivity contribution in [2.75, 3.05) is 0 Å². The molecule has 0 saturated heterocycles. The van der Waals surface area contributed by atoms with Gasteiger partial charge in [-0.05, 0) is 18.2 Å². The Kier molecular flexibility index (Phi) is 2.57. The molecule has 0 atom stereocenters. The summed E-state index contributed by atoms with van der Waals surface area (Å²) in [5, 5.41) is 11.7. The van der Waals surface area contributed by atoms with Crippen molar-refractivity contribution in [3.63, 3.8) is 0 Å². The van der Waals surface area contributed by atoms with E-state index >= 15 is 0 Å². The van der Waals surface area contributed by atoms with E-state index in [4.69, 9.17) is 0 Å². The Labute approximate surface area is 126 Å². The summed E-state index contributed by atoms with van der Waals surface area (Å²) in [5.74, 6) is 0. The van der Waals surface area contributed by atoms with Gasteiger partial charge in [0.05, 0.1) is 31.9 Å². The Bertz CT molecular complexity index is 998. The molecule has 0 amide bonds. The smallest absolute Gasteiger partial charge is 0.324 e. The summed E-state index contributed by atoms with van der Waals surface area (Å²) in [6.45, 7) is 0. The molecule has 4 aromatic rings. The van der Waals surface area contributed by atoms with Crippen LogP contribution in [0.15, 0.2) is 30.6 Å². The van der Waals surface area contributed by atoms with E-state index < -0.39 is 0 Å². The van der Waals surface area contributed by atoms with Crippen molar-refractivity contribution >= 4 is 48.9 Å². The zero-order valence-electron chi connectivity index (χ0n) is 10.8.